The number of piperidine rings is 2. The number of phenolic OH excluding ortho intramolecular Hbond substituents is 1. The van der Waals surface area contributed by atoms with Gasteiger partial charge in [0.2, 0.25) is 5.82 Å². The third-order valence-electron chi connectivity index (χ3n) is 6.66. The van der Waals surface area contributed by atoms with Crippen LogP contribution in [-0.2, 0) is 6.98 Å². The van der Waals surface area contributed by atoms with E-state index >= 15 is 4.39 Å². The van der Waals surface area contributed by atoms with Gasteiger partial charge in [-0.15, -0.1) is 20.4 Å². The lowest BCUT2D eigenvalue weighted by molar-refractivity contribution is 0.00193. The van der Waals surface area contributed by atoms with Crippen LogP contribution in [0.5, 0.6) is 5.75 Å². The molecular weight excluding hydrogens is 425 g/mol. The average Bonchev–Trinajstić information content (AvgIpc) is 3.33. The fourth-order valence-corrected chi connectivity index (χ4v) is 5.09. The Bertz CT molecular complexity index is 1370. The van der Waals surface area contributed by atoms with E-state index in [4.69, 9.17) is 8.22 Å². The number of alkyl halides is 1. The molecule has 2 aliphatic rings. The second kappa shape index (κ2) is 7.68. The number of aromatic nitrogens is 7. The average molecular weight is 460 g/mol. The molecular formula is C22H28FN9O. The van der Waals surface area contributed by atoms with Crippen molar-refractivity contribution in [1.29, 1.82) is 0 Å². The monoisotopic (exact) mass is 459 g/mol. The highest BCUT2D eigenvalue weighted by atomic mass is 19.1. The number of hydrogen-bond donors (Lipinski definition) is 2. The lowest BCUT2D eigenvalue weighted by Gasteiger charge is -2.56. The minimum absolute atomic E-state index is 0.00491. The van der Waals surface area contributed by atoms with Gasteiger partial charge in [0, 0.05) is 31.8 Å². The van der Waals surface area contributed by atoms with E-state index in [2.05, 4.69) is 35.9 Å². The first-order valence-corrected chi connectivity index (χ1v) is 10.7. The van der Waals surface area contributed by atoms with Gasteiger partial charge in [0.25, 0.3) is 0 Å². The summed E-state index contributed by atoms with van der Waals surface area (Å²) in [6.45, 7) is -1.52. The number of nitrogens with one attached hydrogen (secondary N) is 1. The molecule has 10 nitrogen and oxygen atoms in total. The predicted molar refractivity (Wildman–Crippen MR) is 120 cm³/mol. The van der Waals surface area contributed by atoms with E-state index in [0.717, 1.165) is 17.7 Å². The second-order valence-electron chi connectivity index (χ2n) is 9.27. The number of aromatic hydroxyl groups is 1. The molecule has 5 rings (SSSR count). The molecule has 2 N–H and O–H groups in total. The minimum atomic E-state index is -2.70. The summed E-state index contributed by atoms with van der Waals surface area (Å²) in [7, 11) is 0. The first kappa shape index (κ1) is 15.6. The van der Waals surface area contributed by atoms with Gasteiger partial charge in [-0.2, -0.15) is 4.80 Å². The maximum atomic E-state index is 15.9. The number of aryl methyl sites for hydroxylation is 1. The van der Waals surface area contributed by atoms with Crippen LogP contribution >= 0.6 is 0 Å². The summed E-state index contributed by atoms with van der Waals surface area (Å²) in [5.41, 5.74) is -0.794. The molecule has 2 bridgehead atoms. The summed E-state index contributed by atoms with van der Waals surface area (Å²) < 4.78 is 62.4. The number of hydrogen-bond acceptors (Lipinski definition) is 9. The van der Waals surface area contributed by atoms with Crippen LogP contribution < -0.4 is 10.2 Å². The number of fused-ring (bicyclic) bond motifs is 2. The minimum Gasteiger partial charge on any atom is -0.507 e. The van der Waals surface area contributed by atoms with Gasteiger partial charge in [0.05, 0.1) is 24.8 Å². The molecule has 0 saturated carbocycles. The summed E-state index contributed by atoms with van der Waals surface area (Å²) in [6.07, 6.45) is 2.26. The Morgan fingerprint density at radius 1 is 1.24 bits per heavy atom. The van der Waals surface area contributed by atoms with Crippen LogP contribution in [0.3, 0.4) is 0 Å². The van der Waals surface area contributed by atoms with Crippen LogP contribution in [-0.4, -0.2) is 70.8 Å². The highest BCUT2D eigenvalue weighted by Crippen LogP contribution is 2.43. The van der Waals surface area contributed by atoms with E-state index in [9.17, 15) is 5.11 Å². The zero-order valence-corrected chi connectivity index (χ0v) is 18.2. The molecule has 174 valence electrons. The van der Waals surface area contributed by atoms with E-state index in [-0.39, 0.29) is 35.2 Å². The zero-order valence-electron chi connectivity index (χ0n) is 24.2. The van der Waals surface area contributed by atoms with Crippen molar-refractivity contribution in [2.45, 2.75) is 62.8 Å². The fraction of sp³-hybridized carbons (Fsp3) is 0.545. The van der Waals surface area contributed by atoms with Gasteiger partial charge < -0.3 is 15.3 Å². The molecule has 1 aromatic carbocycles. The Balaban J connectivity index is 1.43. The van der Waals surface area contributed by atoms with Gasteiger partial charge in [-0.25, -0.2) is 9.37 Å². The van der Waals surface area contributed by atoms with Crippen LogP contribution in [0, 0.1) is 0 Å². The van der Waals surface area contributed by atoms with Crippen LogP contribution in [0.15, 0.2) is 24.4 Å². The van der Waals surface area contributed by atoms with Crippen molar-refractivity contribution in [3.63, 3.8) is 0 Å². The Hall–Kier alpha value is -3.21. The molecule has 2 fully saturated rings. The highest BCUT2D eigenvalue weighted by Gasteiger charge is 2.53. The first-order valence-electron chi connectivity index (χ1n) is 13.7. The SMILES string of the molecule is [2H]C([2H])([2H])N(c1cnc(-c2ccc(-c3nnn(C([2H])([2H])[2H])n3)cc2O)nn1)[C@@H]1C[C@@]2(C)CCC[C@](C)(N2)[C@@H]1F. The molecule has 0 aliphatic carbocycles. The molecule has 4 heterocycles. The van der Waals surface area contributed by atoms with E-state index in [1.807, 2.05) is 6.92 Å². The topological polar surface area (TPSA) is 118 Å². The Morgan fingerprint density at radius 3 is 2.82 bits per heavy atom. The molecule has 3 aromatic rings. The van der Waals surface area contributed by atoms with Crippen molar-refractivity contribution < 1.29 is 17.7 Å². The van der Waals surface area contributed by atoms with Gasteiger partial charge in [-0.3, -0.25) is 0 Å². The number of tetrazole rings is 1. The second-order valence-corrected chi connectivity index (χ2v) is 9.27. The van der Waals surface area contributed by atoms with Crippen molar-refractivity contribution in [3.8, 4) is 28.5 Å². The third-order valence-corrected chi connectivity index (χ3v) is 6.66. The Morgan fingerprint density at radius 2 is 2.12 bits per heavy atom. The molecule has 0 amide bonds. The Kier molecular flexibility index (Phi) is 3.63. The van der Waals surface area contributed by atoms with Gasteiger partial charge in [-0.1, -0.05) is 6.07 Å². The smallest absolute Gasteiger partial charge is 0.205 e. The largest absolute Gasteiger partial charge is 0.507 e. The molecule has 2 aliphatic heterocycles. The van der Waals surface area contributed by atoms with Crippen LogP contribution in [0.4, 0.5) is 10.2 Å². The summed E-state index contributed by atoms with van der Waals surface area (Å²) >= 11 is 0. The number of nitrogens with zero attached hydrogens (tertiary/aromatic N) is 8. The van der Waals surface area contributed by atoms with E-state index in [0.29, 0.717) is 16.8 Å². The summed E-state index contributed by atoms with van der Waals surface area (Å²) in [4.78, 5) is 5.71. The van der Waals surface area contributed by atoms with Crippen molar-refractivity contribution in [2.24, 2.45) is 6.98 Å². The van der Waals surface area contributed by atoms with Gasteiger partial charge >= 0.3 is 0 Å². The Labute approximate surface area is 199 Å². The van der Waals surface area contributed by atoms with E-state index < -0.39 is 37.2 Å². The first-order chi connectivity index (χ1) is 18.1. The molecule has 2 aromatic heterocycles. The number of benzene rings is 1. The highest BCUT2D eigenvalue weighted by molar-refractivity contribution is 5.69. The van der Waals surface area contributed by atoms with Crippen molar-refractivity contribution in [1.82, 2.24) is 40.7 Å². The van der Waals surface area contributed by atoms with Crippen molar-refractivity contribution in [2.75, 3.05) is 11.9 Å². The maximum absolute atomic E-state index is 15.9. The number of halogens is 1. The van der Waals surface area contributed by atoms with Gasteiger partial charge in [0.1, 0.15) is 11.9 Å². The lowest BCUT2D eigenvalue weighted by Crippen LogP contribution is -2.72. The summed E-state index contributed by atoms with van der Waals surface area (Å²) in [6, 6.07) is 3.31. The van der Waals surface area contributed by atoms with Crippen LogP contribution in [0.1, 0.15) is 47.8 Å². The fourth-order valence-electron chi connectivity index (χ4n) is 5.09. The molecule has 11 heteroatoms. The molecule has 33 heavy (non-hydrogen) atoms. The standard InChI is InChI=1S/C22H28FN9O/c1-21-8-5-9-22(2,29-21)18(23)15(11-21)31(3)17-12-24-20(26-25-17)14-7-6-13(10-16(14)33)19-27-30-32(4)28-19/h6-7,10,12,15,18,29,33H,5,8-9,11H2,1-4H3/t15-,18-,21-,22+/m1/s1/i3D3,4D3. The van der Waals surface area contributed by atoms with Crippen molar-refractivity contribution >= 4 is 5.82 Å². The van der Waals surface area contributed by atoms with Crippen LogP contribution in [0.25, 0.3) is 22.8 Å². The molecule has 2 saturated heterocycles. The normalized spacial score (nSPS) is 32.6. The number of anilines is 1. The third kappa shape index (κ3) is 3.79. The quantitative estimate of drug-likeness (QED) is 0.606. The molecule has 0 spiro atoms. The number of rotatable bonds is 4. The van der Waals surface area contributed by atoms with Crippen LogP contribution in [0.2, 0.25) is 0 Å². The predicted octanol–water partition coefficient (Wildman–Crippen LogP) is 2.27. The lowest BCUT2D eigenvalue weighted by atomic mass is 9.68. The maximum Gasteiger partial charge on any atom is 0.205 e. The van der Waals surface area contributed by atoms with E-state index in [1.165, 1.54) is 24.4 Å². The van der Waals surface area contributed by atoms with Crippen molar-refractivity contribution in [3.05, 3.63) is 24.4 Å². The number of phenols is 1. The summed E-state index contributed by atoms with van der Waals surface area (Å²) in [5, 5.41) is 33.1. The molecule has 4 atom stereocenters. The zero-order chi connectivity index (χ0) is 28.4. The van der Waals surface area contributed by atoms with Gasteiger partial charge in [-0.05, 0) is 56.9 Å². The van der Waals surface area contributed by atoms with Gasteiger partial charge in [0.15, 0.2) is 11.6 Å². The molecule has 0 unspecified atom stereocenters. The molecule has 0 radical (unpaired) electrons. The van der Waals surface area contributed by atoms with E-state index in [1.54, 1.807) is 6.92 Å². The summed E-state index contributed by atoms with van der Waals surface area (Å²) in [5.74, 6) is -0.369.